The number of thiazole rings is 1. The van der Waals surface area contributed by atoms with Crippen LogP contribution in [0.5, 0.6) is 0 Å². The first-order valence-corrected chi connectivity index (χ1v) is 11.1. The van der Waals surface area contributed by atoms with Crippen LogP contribution in [0, 0.1) is 0 Å². The lowest BCUT2D eigenvalue weighted by atomic mass is 10.3. The number of halogens is 1. The van der Waals surface area contributed by atoms with E-state index in [0.717, 1.165) is 23.7 Å². The van der Waals surface area contributed by atoms with Crippen molar-refractivity contribution >= 4 is 67.3 Å². The lowest BCUT2D eigenvalue weighted by Crippen LogP contribution is -2.48. The predicted molar refractivity (Wildman–Crippen MR) is 109 cm³/mol. The molecule has 0 unspecified atom stereocenters. The first kappa shape index (κ1) is 17.1. The Bertz CT molecular complexity index is 915. The largest absolute Gasteiger partial charge is 0.345 e. The number of hydrogen-bond donors (Lipinski definition) is 0. The summed E-state index contributed by atoms with van der Waals surface area (Å²) < 4.78 is 1.87. The number of rotatable bonds is 3. The number of thiophene rings is 1. The minimum absolute atomic E-state index is 0.0745. The molecule has 1 amide bonds. The lowest BCUT2D eigenvalue weighted by molar-refractivity contribution is 0.0751. The van der Waals surface area contributed by atoms with Crippen molar-refractivity contribution in [2.45, 2.75) is 4.90 Å². The Balaban J connectivity index is 1.45. The zero-order chi connectivity index (χ0) is 17.4. The van der Waals surface area contributed by atoms with E-state index < -0.39 is 0 Å². The van der Waals surface area contributed by atoms with E-state index in [1.165, 1.54) is 20.9 Å². The van der Waals surface area contributed by atoms with Crippen molar-refractivity contribution in [3.8, 4) is 0 Å². The molecule has 0 N–H and O–H groups in total. The quantitative estimate of drug-likeness (QED) is 0.587. The van der Waals surface area contributed by atoms with Crippen molar-refractivity contribution < 1.29 is 4.79 Å². The Labute approximate surface area is 163 Å². The molecule has 0 saturated carbocycles. The minimum atomic E-state index is 0.0745. The van der Waals surface area contributed by atoms with Crippen LogP contribution in [0.15, 0.2) is 35.2 Å². The second kappa shape index (κ2) is 7.15. The van der Waals surface area contributed by atoms with Crippen LogP contribution in [-0.2, 0) is 0 Å². The van der Waals surface area contributed by atoms with Gasteiger partial charge in [-0.1, -0.05) is 22.9 Å². The summed E-state index contributed by atoms with van der Waals surface area (Å²) in [6.07, 6.45) is 2.08. The number of thioether (sulfide) groups is 1. The zero-order valence-electron chi connectivity index (χ0n) is 13.6. The van der Waals surface area contributed by atoms with Crippen molar-refractivity contribution in [2.75, 3.05) is 37.3 Å². The summed E-state index contributed by atoms with van der Waals surface area (Å²) in [5.74, 6) is 0.0745. The van der Waals surface area contributed by atoms with Crippen molar-refractivity contribution in [1.82, 2.24) is 9.88 Å². The molecule has 0 bridgehead atoms. The van der Waals surface area contributed by atoms with Gasteiger partial charge in [-0.05, 0) is 36.6 Å². The van der Waals surface area contributed by atoms with Crippen molar-refractivity contribution in [2.24, 2.45) is 0 Å². The molecule has 3 heterocycles. The molecule has 1 fully saturated rings. The van der Waals surface area contributed by atoms with E-state index in [4.69, 9.17) is 16.6 Å². The number of anilines is 1. The zero-order valence-corrected chi connectivity index (χ0v) is 16.8. The van der Waals surface area contributed by atoms with Gasteiger partial charge in [0, 0.05) is 31.1 Å². The lowest BCUT2D eigenvalue weighted by Gasteiger charge is -2.34. The van der Waals surface area contributed by atoms with Gasteiger partial charge >= 0.3 is 0 Å². The summed E-state index contributed by atoms with van der Waals surface area (Å²) in [4.78, 5) is 23.4. The average Bonchev–Trinajstić information content (AvgIpc) is 3.26. The molecule has 1 aliphatic heterocycles. The summed E-state index contributed by atoms with van der Waals surface area (Å²) in [6, 6.07) is 9.97. The Hall–Kier alpha value is -1.28. The van der Waals surface area contributed by atoms with E-state index in [-0.39, 0.29) is 5.91 Å². The van der Waals surface area contributed by atoms with Gasteiger partial charge in [0.1, 0.15) is 0 Å². The molecule has 4 rings (SSSR count). The molecule has 4 nitrogen and oxygen atoms in total. The summed E-state index contributed by atoms with van der Waals surface area (Å²) in [5, 5.41) is 1.04. The Morgan fingerprint density at radius 1 is 1.16 bits per heavy atom. The molecule has 2 aromatic heterocycles. The number of piperazine rings is 1. The van der Waals surface area contributed by atoms with Crippen LogP contribution in [0.3, 0.4) is 0 Å². The van der Waals surface area contributed by atoms with Crippen molar-refractivity contribution in [3.05, 3.63) is 39.5 Å². The van der Waals surface area contributed by atoms with Gasteiger partial charge in [0.15, 0.2) is 5.13 Å². The normalized spacial score (nSPS) is 15.1. The minimum Gasteiger partial charge on any atom is -0.345 e. The predicted octanol–water partition coefficient (Wildman–Crippen LogP) is 4.70. The van der Waals surface area contributed by atoms with Crippen LogP contribution in [0.1, 0.15) is 9.67 Å². The van der Waals surface area contributed by atoms with Crippen LogP contribution < -0.4 is 4.90 Å². The average molecular weight is 410 g/mol. The maximum atomic E-state index is 12.5. The Morgan fingerprint density at radius 3 is 2.64 bits per heavy atom. The van der Waals surface area contributed by atoms with Crippen LogP contribution >= 0.6 is 46.0 Å². The first-order valence-electron chi connectivity index (χ1n) is 7.88. The smallest absolute Gasteiger partial charge is 0.264 e. The van der Waals surface area contributed by atoms with E-state index in [0.29, 0.717) is 22.3 Å². The van der Waals surface area contributed by atoms with Crippen molar-refractivity contribution in [3.63, 3.8) is 0 Å². The van der Waals surface area contributed by atoms with Gasteiger partial charge in [-0.25, -0.2) is 4.98 Å². The second-order valence-corrected chi connectivity index (χ2v) is 9.32. The number of aromatic nitrogens is 1. The maximum Gasteiger partial charge on any atom is 0.264 e. The summed E-state index contributed by atoms with van der Waals surface area (Å²) in [6.45, 7) is 3.03. The highest BCUT2D eigenvalue weighted by Crippen LogP contribution is 2.32. The highest BCUT2D eigenvalue weighted by molar-refractivity contribution is 7.98. The van der Waals surface area contributed by atoms with Gasteiger partial charge < -0.3 is 9.80 Å². The molecular formula is C17H16ClN3OS3. The molecular weight excluding hydrogens is 394 g/mol. The number of nitrogens with zero attached hydrogens (tertiary/aromatic N) is 3. The van der Waals surface area contributed by atoms with Gasteiger partial charge in [0.05, 0.1) is 19.4 Å². The van der Waals surface area contributed by atoms with Gasteiger partial charge in [-0.3, -0.25) is 4.79 Å². The third kappa shape index (κ3) is 3.51. The molecule has 0 aliphatic carbocycles. The SMILES string of the molecule is CSc1ccc2nc(N3CCN(C(=O)c4ccc(Cl)s4)CC3)sc2c1. The third-order valence-electron chi connectivity index (χ3n) is 4.21. The number of amides is 1. The molecule has 1 aromatic carbocycles. The number of fused-ring (bicyclic) bond motifs is 1. The summed E-state index contributed by atoms with van der Waals surface area (Å²) in [5.41, 5.74) is 1.05. The Morgan fingerprint density at radius 2 is 1.96 bits per heavy atom. The van der Waals surface area contributed by atoms with Gasteiger partial charge in [0.2, 0.25) is 0 Å². The van der Waals surface area contributed by atoms with E-state index >= 15 is 0 Å². The first-order chi connectivity index (χ1) is 12.1. The van der Waals surface area contributed by atoms with E-state index in [2.05, 4.69) is 29.4 Å². The number of hydrogen-bond acceptors (Lipinski definition) is 6. The molecule has 1 aliphatic rings. The molecule has 3 aromatic rings. The third-order valence-corrected chi connectivity index (χ3v) is 7.23. The summed E-state index contributed by atoms with van der Waals surface area (Å²) in [7, 11) is 0. The highest BCUT2D eigenvalue weighted by Gasteiger charge is 2.24. The molecule has 0 radical (unpaired) electrons. The van der Waals surface area contributed by atoms with E-state index in [9.17, 15) is 4.79 Å². The standard InChI is InChI=1S/C17H16ClN3OS3/c1-23-11-2-3-12-14(10-11)25-17(19-12)21-8-6-20(7-9-21)16(22)13-4-5-15(18)24-13/h2-5,10H,6-9H2,1H3. The number of carbonyl (C=O) groups excluding carboxylic acids is 1. The van der Waals surface area contributed by atoms with Crippen LogP contribution in [-0.4, -0.2) is 48.2 Å². The highest BCUT2D eigenvalue weighted by atomic mass is 35.5. The number of benzene rings is 1. The molecule has 0 spiro atoms. The van der Waals surface area contributed by atoms with Crippen LogP contribution in [0.25, 0.3) is 10.2 Å². The van der Waals surface area contributed by atoms with E-state index in [1.54, 1.807) is 35.2 Å². The van der Waals surface area contributed by atoms with Crippen LogP contribution in [0.2, 0.25) is 4.34 Å². The van der Waals surface area contributed by atoms with Gasteiger partial charge in [-0.2, -0.15) is 0 Å². The number of carbonyl (C=O) groups is 1. The molecule has 0 atom stereocenters. The fourth-order valence-electron chi connectivity index (χ4n) is 2.84. The van der Waals surface area contributed by atoms with Gasteiger partial charge in [-0.15, -0.1) is 23.1 Å². The second-order valence-electron chi connectivity index (χ2n) is 5.71. The van der Waals surface area contributed by atoms with Gasteiger partial charge in [0.25, 0.3) is 5.91 Å². The molecule has 130 valence electrons. The fraction of sp³-hybridized carbons (Fsp3) is 0.294. The summed E-state index contributed by atoms with van der Waals surface area (Å²) >= 11 is 10.7. The topological polar surface area (TPSA) is 36.4 Å². The maximum absolute atomic E-state index is 12.5. The van der Waals surface area contributed by atoms with E-state index in [1.807, 2.05) is 4.90 Å². The monoisotopic (exact) mass is 409 g/mol. The van der Waals surface area contributed by atoms with Crippen molar-refractivity contribution in [1.29, 1.82) is 0 Å². The fourth-order valence-corrected chi connectivity index (χ4v) is 5.42. The Kier molecular flexibility index (Phi) is 4.90. The molecule has 25 heavy (non-hydrogen) atoms. The molecule has 8 heteroatoms. The van der Waals surface area contributed by atoms with Crippen LogP contribution in [0.4, 0.5) is 5.13 Å². The molecule has 1 saturated heterocycles.